The van der Waals surface area contributed by atoms with Gasteiger partial charge in [0.2, 0.25) is 5.91 Å². The lowest BCUT2D eigenvalue weighted by atomic mass is 10.1. The number of benzene rings is 2. The Morgan fingerprint density at radius 2 is 1.69 bits per heavy atom. The Hall–Kier alpha value is -2.60. The van der Waals surface area contributed by atoms with Gasteiger partial charge in [-0.3, -0.25) is 9.59 Å². The highest BCUT2D eigenvalue weighted by Crippen LogP contribution is 2.26. The van der Waals surface area contributed by atoms with Crippen LogP contribution in [0.5, 0.6) is 5.75 Å². The molecule has 0 saturated carbocycles. The van der Waals surface area contributed by atoms with Crippen molar-refractivity contribution >= 4 is 23.4 Å². The zero-order chi connectivity index (χ0) is 23.8. The van der Waals surface area contributed by atoms with Crippen molar-refractivity contribution in [3.05, 3.63) is 63.9 Å². The monoisotopic (exact) mass is 462 g/mol. The molecule has 2 atom stereocenters. The molecule has 0 fully saturated rings. The third kappa shape index (κ3) is 6.95. The summed E-state index contributed by atoms with van der Waals surface area (Å²) in [5, 5.41) is 3.62. The minimum absolute atomic E-state index is 0.00408. The van der Waals surface area contributed by atoms with Crippen molar-refractivity contribution in [3.63, 3.8) is 0 Å². The predicted molar refractivity (Wildman–Crippen MR) is 125 cm³/mol. The van der Waals surface area contributed by atoms with E-state index in [2.05, 4.69) is 5.32 Å². The van der Waals surface area contributed by atoms with Gasteiger partial charge in [0.05, 0.1) is 0 Å². The molecule has 2 aromatic carbocycles. The number of hydrogen-bond donors (Lipinski definition) is 1. The van der Waals surface area contributed by atoms with Crippen LogP contribution in [0.2, 0.25) is 5.02 Å². The van der Waals surface area contributed by atoms with E-state index in [-0.39, 0.29) is 36.8 Å². The lowest BCUT2D eigenvalue weighted by molar-refractivity contribution is -0.143. The molecular weight excluding hydrogens is 431 g/mol. The summed E-state index contributed by atoms with van der Waals surface area (Å²) in [5.41, 5.74) is 2.45. The average Bonchev–Trinajstić information content (AvgIpc) is 2.76. The van der Waals surface area contributed by atoms with Gasteiger partial charge in [0, 0.05) is 17.6 Å². The van der Waals surface area contributed by atoms with E-state index in [1.807, 2.05) is 34.6 Å². The van der Waals surface area contributed by atoms with Gasteiger partial charge in [-0.15, -0.1) is 0 Å². The van der Waals surface area contributed by atoms with Crippen LogP contribution < -0.4 is 10.1 Å². The standard InChI is InChI=1S/C25H32ClFN2O3/c1-6-18(5)28-25(31)22(7-2)29(14-19-8-10-20(27)11-9-19)23(30)15-32-21-12-16(3)24(26)17(4)13-21/h8-13,18,22H,6-7,14-15H2,1-5H3,(H,28,31)/t18-,22-/m1/s1. The second kappa shape index (κ2) is 11.9. The number of hydrogen-bond acceptors (Lipinski definition) is 3. The first kappa shape index (κ1) is 25.7. The first-order valence-corrected chi connectivity index (χ1v) is 11.3. The summed E-state index contributed by atoms with van der Waals surface area (Å²) in [6.07, 6.45) is 1.22. The fraction of sp³-hybridized carbons (Fsp3) is 0.440. The van der Waals surface area contributed by atoms with E-state index in [9.17, 15) is 14.0 Å². The molecule has 2 rings (SSSR count). The molecule has 5 nitrogen and oxygen atoms in total. The summed E-state index contributed by atoms with van der Waals surface area (Å²) in [7, 11) is 0. The van der Waals surface area contributed by atoms with Crippen LogP contribution in [0.15, 0.2) is 36.4 Å². The van der Waals surface area contributed by atoms with Crippen LogP contribution in [-0.2, 0) is 16.1 Å². The molecule has 0 aliphatic heterocycles. The van der Waals surface area contributed by atoms with Gasteiger partial charge in [-0.25, -0.2) is 4.39 Å². The van der Waals surface area contributed by atoms with Gasteiger partial charge in [0.1, 0.15) is 17.6 Å². The van der Waals surface area contributed by atoms with Gasteiger partial charge in [0.25, 0.3) is 5.91 Å². The van der Waals surface area contributed by atoms with Gasteiger partial charge < -0.3 is 15.0 Å². The molecule has 2 amide bonds. The molecular formula is C25H32ClFN2O3. The Labute approximate surface area is 194 Å². The lowest BCUT2D eigenvalue weighted by Gasteiger charge is -2.31. The smallest absolute Gasteiger partial charge is 0.261 e. The molecule has 0 unspecified atom stereocenters. The highest BCUT2D eigenvalue weighted by atomic mass is 35.5. The summed E-state index contributed by atoms with van der Waals surface area (Å²) in [5.74, 6) is -0.359. The number of aryl methyl sites for hydroxylation is 2. The van der Waals surface area contributed by atoms with Crippen molar-refractivity contribution in [2.45, 2.75) is 66.1 Å². The van der Waals surface area contributed by atoms with Crippen molar-refractivity contribution < 1.29 is 18.7 Å². The highest BCUT2D eigenvalue weighted by Gasteiger charge is 2.29. The molecule has 0 aliphatic rings. The molecule has 0 aliphatic carbocycles. The topological polar surface area (TPSA) is 58.6 Å². The van der Waals surface area contributed by atoms with Crippen molar-refractivity contribution in [2.75, 3.05) is 6.61 Å². The number of rotatable bonds is 10. The van der Waals surface area contributed by atoms with E-state index in [1.165, 1.54) is 17.0 Å². The van der Waals surface area contributed by atoms with E-state index in [0.717, 1.165) is 23.1 Å². The molecule has 0 aromatic heterocycles. The first-order valence-electron chi connectivity index (χ1n) is 10.9. The minimum atomic E-state index is -0.668. The maximum absolute atomic E-state index is 13.3. The number of carbonyl (C=O) groups is 2. The molecule has 0 spiro atoms. The normalized spacial score (nSPS) is 12.7. The molecule has 2 aromatic rings. The Kier molecular flexibility index (Phi) is 9.51. The van der Waals surface area contributed by atoms with E-state index in [0.29, 0.717) is 17.2 Å². The maximum atomic E-state index is 13.3. The van der Waals surface area contributed by atoms with Crippen LogP contribution in [0.4, 0.5) is 4.39 Å². The number of halogens is 2. The molecule has 174 valence electrons. The van der Waals surface area contributed by atoms with Gasteiger partial charge in [-0.05, 0) is 74.6 Å². The van der Waals surface area contributed by atoms with Crippen LogP contribution in [0.1, 0.15) is 50.3 Å². The van der Waals surface area contributed by atoms with Crippen LogP contribution in [0.25, 0.3) is 0 Å². The molecule has 32 heavy (non-hydrogen) atoms. The Morgan fingerprint density at radius 3 is 2.22 bits per heavy atom. The number of amides is 2. The predicted octanol–water partition coefficient (Wildman–Crippen LogP) is 5.20. The van der Waals surface area contributed by atoms with Crippen LogP contribution in [0, 0.1) is 19.7 Å². The Morgan fingerprint density at radius 1 is 1.09 bits per heavy atom. The van der Waals surface area contributed by atoms with Crippen LogP contribution >= 0.6 is 11.6 Å². The number of nitrogens with zero attached hydrogens (tertiary/aromatic N) is 1. The second-order valence-corrected chi connectivity index (χ2v) is 8.43. The number of nitrogens with one attached hydrogen (secondary N) is 1. The lowest BCUT2D eigenvalue weighted by Crippen LogP contribution is -2.51. The van der Waals surface area contributed by atoms with Gasteiger partial charge in [-0.2, -0.15) is 0 Å². The number of ether oxygens (including phenoxy) is 1. The summed E-state index contributed by atoms with van der Waals surface area (Å²) in [6, 6.07) is 8.79. The van der Waals surface area contributed by atoms with Crippen molar-refractivity contribution in [1.82, 2.24) is 10.2 Å². The quantitative estimate of drug-likeness (QED) is 0.528. The summed E-state index contributed by atoms with van der Waals surface area (Å²) in [4.78, 5) is 27.6. The van der Waals surface area contributed by atoms with Crippen LogP contribution in [0.3, 0.4) is 0 Å². The third-order valence-corrected chi connectivity index (χ3v) is 6.02. The zero-order valence-corrected chi connectivity index (χ0v) is 20.1. The van der Waals surface area contributed by atoms with E-state index in [4.69, 9.17) is 16.3 Å². The summed E-state index contributed by atoms with van der Waals surface area (Å²) >= 11 is 6.21. The highest BCUT2D eigenvalue weighted by molar-refractivity contribution is 6.32. The maximum Gasteiger partial charge on any atom is 0.261 e. The summed E-state index contributed by atoms with van der Waals surface area (Å²) in [6.45, 7) is 9.46. The minimum Gasteiger partial charge on any atom is -0.484 e. The van der Waals surface area contributed by atoms with Gasteiger partial charge in [-0.1, -0.05) is 37.6 Å². The fourth-order valence-corrected chi connectivity index (χ4v) is 3.47. The third-order valence-electron chi connectivity index (χ3n) is 5.43. The Balaban J connectivity index is 2.24. The zero-order valence-electron chi connectivity index (χ0n) is 19.4. The SMILES string of the molecule is CC[C@@H](C)NC(=O)[C@@H](CC)N(Cc1ccc(F)cc1)C(=O)COc1cc(C)c(Cl)c(C)c1. The van der Waals surface area contributed by atoms with E-state index < -0.39 is 6.04 Å². The fourth-order valence-electron chi connectivity index (χ4n) is 3.36. The van der Waals surface area contributed by atoms with Crippen molar-refractivity contribution in [1.29, 1.82) is 0 Å². The summed E-state index contributed by atoms with van der Waals surface area (Å²) < 4.78 is 19.1. The Bertz CT molecular complexity index is 910. The van der Waals surface area contributed by atoms with E-state index >= 15 is 0 Å². The van der Waals surface area contributed by atoms with Crippen molar-refractivity contribution in [2.24, 2.45) is 0 Å². The second-order valence-electron chi connectivity index (χ2n) is 8.05. The van der Waals surface area contributed by atoms with Gasteiger partial charge >= 0.3 is 0 Å². The van der Waals surface area contributed by atoms with Crippen LogP contribution in [-0.4, -0.2) is 35.4 Å². The molecule has 1 N–H and O–H groups in total. The van der Waals surface area contributed by atoms with Gasteiger partial charge in [0.15, 0.2) is 6.61 Å². The van der Waals surface area contributed by atoms with E-state index in [1.54, 1.807) is 24.3 Å². The molecule has 0 saturated heterocycles. The first-order chi connectivity index (χ1) is 15.2. The van der Waals surface area contributed by atoms with Crippen molar-refractivity contribution in [3.8, 4) is 5.75 Å². The molecule has 0 bridgehead atoms. The molecule has 0 heterocycles. The average molecular weight is 463 g/mol. The largest absolute Gasteiger partial charge is 0.484 e. The molecule has 7 heteroatoms. The number of carbonyl (C=O) groups excluding carboxylic acids is 2. The molecule has 0 radical (unpaired) electrons.